The molecule has 2 aromatic carbocycles. The molecule has 0 bridgehead atoms. The van der Waals surface area contributed by atoms with Gasteiger partial charge in [-0.15, -0.1) is 0 Å². The Hall–Kier alpha value is -3.02. The van der Waals surface area contributed by atoms with Crippen LogP contribution in [-0.4, -0.2) is 24.2 Å². The molecule has 0 heterocycles. The van der Waals surface area contributed by atoms with Crippen molar-refractivity contribution in [2.24, 2.45) is 0 Å². The van der Waals surface area contributed by atoms with Crippen molar-refractivity contribution < 1.29 is 19.4 Å². The van der Waals surface area contributed by atoms with E-state index in [1.807, 2.05) is 25.1 Å². The number of methoxy groups -OCH3 is 1. The summed E-state index contributed by atoms with van der Waals surface area (Å²) >= 11 is 0. The molecule has 0 fully saturated rings. The van der Waals surface area contributed by atoms with Crippen LogP contribution in [0.25, 0.3) is 0 Å². The van der Waals surface area contributed by atoms with Crippen molar-refractivity contribution in [3.63, 3.8) is 0 Å². The quantitative estimate of drug-likeness (QED) is 0.712. The van der Waals surface area contributed by atoms with Gasteiger partial charge in [-0.1, -0.05) is 25.1 Å². The Morgan fingerprint density at radius 1 is 1.08 bits per heavy atom. The molecule has 3 N–H and O–H groups in total. The van der Waals surface area contributed by atoms with Gasteiger partial charge in [0.1, 0.15) is 5.75 Å². The van der Waals surface area contributed by atoms with Crippen LogP contribution in [0.1, 0.15) is 24.5 Å². The molecule has 25 heavy (non-hydrogen) atoms. The summed E-state index contributed by atoms with van der Waals surface area (Å²) in [4.78, 5) is 22.8. The molecule has 6 nitrogen and oxygen atoms in total. The highest BCUT2D eigenvalue weighted by molar-refractivity contribution is 5.99. The number of aryl methyl sites for hydroxylation is 2. The van der Waals surface area contributed by atoms with Gasteiger partial charge in [0.05, 0.1) is 7.11 Å². The predicted molar refractivity (Wildman–Crippen MR) is 97.4 cm³/mol. The van der Waals surface area contributed by atoms with Crippen LogP contribution in [0.15, 0.2) is 42.5 Å². The van der Waals surface area contributed by atoms with Crippen LogP contribution in [-0.2, 0) is 17.6 Å². The molecule has 0 radical (unpaired) electrons. The Balaban J connectivity index is 2.00. The van der Waals surface area contributed by atoms with Crippen LogP contribution in [0.5, 0.6) is 5.75 Å². The number of anilines is 2. The summed E-state index contributed by atoms with van der Waals surface area (Å²) in [5.74, 6) is -0.114. The van der Waals surface area contributed by atoms with Crippen LogP contribution >= 0.6 is 0 Å². The predicted octanol–water partition coefficient (Wildman–Crippen LogP) is 3.92. The average Bonchev–Trinajstić information content (AvgIpc) is 2.60. The van der Waals surface area contributed by atoms with Gasteiger partial charge in [0.25, 0.3) is 0 Å². The van der Waals surface area contributed by atoms with E-state index < -0.39 is 5.97 Å². The summed E-state index contributed by atoms with van der Waals surface area (Å²) in [6.45, 7) is 2.04. The number of aliphatic carboxylic acids is 1. The third kappa shape index (κ3) is 5.53. The minimum Gasteiger partial charge on any atom is -0.496 e. The summed E-state index contributed by atoms with van der Waals surface area (Å²) in [5.41, 5.74) is 3.17. The zero-order valence-corrected chi connectivity index (χ0v) is 14.3. The molecular formula is C19H22N2O4. The molecule has 0 unspecified atom stereocenters. The number of urea groups is 1. The number of carbonyl (C=O) groups is 2. The lowest BCUT2D eigenvalue weighted by atomic mass is 10.1. The molecular weight excluding hydrogens is 320 g/mol. The van der Waals surface area contributed by atoms with E-state index in [1.165, 1.54) is 0 Å². The lowest BCUT2D eigenvalue weighted by Gasteiger charge is -2.12. The number of carboxylic acids is 1. The van der Waals surface area contributed by atoms with E-state index in [0.717, 1.165) is 23.3 Å². The fraction of sp³-hybridized carbons (Fsp3) is 0.263. The topological polar surface area (TPSA) is 87.7 Å². The molecule has 2 rings (SSSR count). The van der Waals surface area contributed by atoms with Gasteiger partial charge in [-0.2, -0.15) is 0 Å². The van der Waals surface area contributed by atoms with E-state index in [2.05, 4.69) is 10.6 Å². The summed E-state index contributed by atoms with van der Waals surface area (Å²) in [6, 6.07) is 12.3. The van der Waals surface area contributed by atoms with Crippen LogP contribution in [0.3, 0.4) is 0 Å². The lowest BCUT2D eigenvalue weighted by Crippen LogP contribution is -2.19. The van der Waals surface area contributed by atoms with E-state index in [0.29, 0.717) is 17.8 Å². The number of amides is 2. The second kappa shape index (κ2) is 8.73. The van der Waals surface area contributed by atoms with Crippen molar-refractivity contribution in [3.05, 3.63) is 53.6 Å². The van der Waals surface area contributed by atoms with Gasteiger partial charge in [-0.3, -0.25) is 4.79 Å². The summed E-state index contributed by atoms with van der Waals surface area (Å²) in [7, 11) is 1.60. The van der Waals surface area contributed by atoms with Crippen molar-refractivity contribution in [1.82, 2.24) is 0 Å². The molecule has 132 valence electrons. The SMILES string of the molecule is CCc1ccc(NC(=O)Nc2cccc(CCC(=O)O)c2)cc1OC. The molecule has 0 saturated heterocycles. The van der Waals surface area contributed by atoms with E-state index in [4.69, 9.17) is 9.84 Å². The minimum absolute atomic E-state index is 0.0548. The molecule has 0 saturated carbocycles. The Labute approximate surface area is 146 Å². The van der Waals surface area contributed by atoms with Crippen molar-refractivity contribution in [2.45, 2.75) is 26.2 Å². The molecule has 2 amide bonds. The fourth-order valence-corrected chi connectivity index (χ4v) is 2.46. The third-order valence-electron chi connectivity index (χ3n) is 3.74. The zero-order valence-electron chi connectivity index (χ0n) is 14.3. The molecule has 0 atom stereocenters. The minimum atomic E-state index is -0.847. The molecule has 0 aliphatic heterocycles. The van der Waals surface area contributed by atoms with E-state index in [-0.39, 0.29) is 12.5 Å². The van der Waals surface area contributed by atoms with Gasteiger partial charge in [-0.25, -0.2) is 4.79 Å². The van der Waals surface area contributed by atoms with E-state index >= 15 is 0 Å². The Morgan fingerprint density at radius 2 is 1.80 bits per heavy atom. The van der Waals surface area contributed by atoms with E-state index in [9.17, 15) is 9.59 Å². The maximum Gasteiger partial charge on any atom is 0.323 e. The van der Waals surface area contributed by atoms with Crippen LogP contribution in [0, 0.1) is 0 Å². The van der Waals surface area contributed by atoms with Gasteiger partial charge in [0.2, 0.25) is 0 Å². The normalized spacial score (nSPS) is 10.2. The van der Waals surface area contributed by atoms with Crippen LogP contribution < -0.4 is 15.4 Å². The van der Waals surface area contributed by atoms with Gasteiger partial charge in [0.15, 0.2) is 0 Å². The van der Waals surface area contributed by atoms with Crippen molar-refractivity contribution >= 4 is 23.4 Å². The fourth-order valence-electron chi connectivity index (χ4n) is 2.46. The van der Waals surface area contributed by atoms with Gasteiger partial charge < -0.3 is 20.5 Å². The standard InChI is InChI=1S/C19H22N2O4/c1-3-14-8-9-16(12-17(14)25-2)21-19(24)20-15-6-4-5-13(11-15)7-10-18(22)23/h4-6,8-9,11-12H,3,7,10H2,1-2H3,(H,22,23)(H2,20,21,24). The average molecular weight is 342 g/mol. The number of nitrogens with one attached hydrogen (secondary N) is 2. The largest absolute Gasteiger partial charge is 0.496 e. The Morgan fingerprint density at radius 3 is 2.44 bits per heavy atom. The number of benzene rings is 2. The highest BCUT2D eigenvalue weighted by atomic mass is 16.5. The van der Waals surface area contributed by atoms with Crippen LogP contribution in [0.4, 0.5) is 16.2 Å². The highest BCUT2D eigenvalue weighted by Gasteiger charge is 2.07. The van der Waals surface area contributed by atoms with Crippen molar-refractivity contribution in [3.8, 4) is 5.75 Å². The second-order valence-electron chi connectivity index (χ2n) is 5.55. The first kappa shape index (κ1) is 18.3. The molecule has 6 heteroatoms. The highest BCUT2D eigenvalue weighted by Crippen LogP contribution is 2.23. The first-order valence-corrected chi connectivity index (χ1v) is 8.07. The number of hydrogen-bond acceptors (Lipinski definition) is 3. The lowest BCUT2D eigenvalue weighted by molar-refractivity contribution is -0.136. The number of ether oxygens (including phenoxy) is 1. The Kier molecular flexibility index (Phi) is 6.39. The second-order valence-corrected chi connectivity index (χ2v) is 5.55. The molecule has 0 aliphatic carbocycles. The molecule has 0 aromatic heterocycles. The Bertz CT molecular complexity index is 759. The summed E-state index contributed by atoms with van der Waals surface area (Å²) in [6.07, 6.45) is 1.32. The molecule has 0 aliphatic rings. The maximum atomic E-state index is 12.2. The van der Waals surface area contributed by atoms with E-state index in [1.54, 1.807) is 31.4 Å². The molecule has 2 aromatic rings. The zero-order chi connectivity index (χ0) is 18.2. The molecule has 0 spiro atoms. The smallest absolute Gasteiger partial charge is 0.323 e. The number of rotatable bonds is 7. The first-order chi connectivity index (χ1) is 12.0. The summed E-state index contributed by atoms with van der Waals surface area (Å²) in [5, 5.41) is 14.3. The number of carboxylic acid groups (broad SMARTS) is 1. The first-order valence-electron chi connectivity index (χ1n) is 8.07. The van der Waals surface area contributed by atoms with Gasteiger partial charge >= 0.3 is 12.0 Å². The number of hydrogen-bond donors (Lipinski definition) is 3. The van der Waals surface area contributed by atoms with Gasteiger partial charge in [-0.05, 0) is 42.2 Å². The monoisotopic (exact) mass is 342 g/mol. The summed E-state index contributed by atoms with van der Waals surface area (Å²) < 4.78 is 5.32. The van der Waals surface area contributed by atoms with Gasteiger partial charge in [0, 0.05) is 23.9 Å². The third-order valence-corrected chi connectivity index (χ3v) is 3.74. The van der Waals surface area contributed by atoms with Crippen LogP contribution in [0.2, 0.25) is 0 Å². The number of carbonyl (C=O) groups excluding carboxylic acids is 1. The van der Waals surface area contributed by atoms with Crippen molar-refractivity contribution in [2.75, 3.05) is 17.7 Å². The van der Waals surface area contributed by atoms with Crippen molar-refractivity contribution in [1.29, 1.82) is 0 Å². The maximum absolute atomic E-state index is 12.2.